The highest BCUT2D eigenvalue weighted by molar-refractivity contribution is 9.10. The maximum absolute atomic E-state index is 4.83. The van der Waals surface area contributed by atoms with Crippen molar-refractivity contribution in [2.45, 2.75) is 39.2 Å². The van der Waals surface area contributed by atoms with Gasteiger partial charge >= 0.3 is 0 Å². The van der Waals surface area contributed by atoms with Crippen LogP contribution in [-0.2, 0) is 18.4 Å². The minimum atomic E-state index is -0.0947. The molecule has 24 heavy (non-hydrogen) atoms. The van der Waals surface area contributed by atoms with E-state index in [0.29, 0.717) is 0 Å². The van der Waals surface area contributed by atoms with Gasteiger partial charge in [0.05, 0.1) is 0 Å². The summed E-state index contributed by atoms with van der Waals surface area (Å²) in [5.74, 6) is 1.85. The van der Waals surface area contributed by atoms with E-state index in [1.165, 1.54) is 15.6 Å². The van der Waals surface area contributed by atoms with Crippen molar-refractivity contribution < 1.29 is 0 Å². The van der Waals surface area contributed by atoms with E-state index in [0.717, 1.165) is 36.8 Å². The van der Waals surface area contributed by atoms with Crippen molar-refractivity contribution in [1.29, 1.82) is 0 Å². The topological polar surface area (TPSA) is 46.3 Å². The zero-order valence-electron chi connectivity index (χ0n) is 14.1. The van der Waals surface area contributed by atoms with E-state index in [1.54, 1.807) is 0 Å². The quantitative estimate of drug-likeness (QED) is 0.639. The molecule has 0 aliphatic carbocycles. The van der Waals surface area contributed by atoms with Crippen molar-refractivity contribution in [1.82, 2.24) is 19.8 Å². The fourth-order valence-electron chi connectivity index (χ4n) is 3.15. The molecule has 0 bridgehead atoms. The first-order valence-corrected chi connectivity index (χ1v) is 8.97. The number of fused-ring (bicyclic) bond motifs is 2. The van der Waals surface area contributed by atoms with Crippen LogP contribution in [-0.4, -0.2) is 26.4 Å². The van der Waals surface area contributed by atoms with E-state index < -0.39 is 0 Å². The SMILES string of the molecule is CC(C)(C)c1nnc2ccc(N3CCc4cccc(Br)c4C3)nn12. The lowest BCUT2D eigenvalue weighted by Gasteiger charge is -2.30. The molecule has 0 atom stereocenters. The first-order valence-electron chi connectivity index (χ1n) is 8.17. The molecule has 0 fully saturated rings. The lowest BCUT2D eigenvalue weighted by atomic mass is 9.96. The molecule has 0 spiro atoms. The Balaban J connectivity index is 1.74. The number of hydrogen-bond acceptors (Lipinski definition) is 4. The van der Waals surface area contributed by atoms with Gasteiger partial charge in [0, 0.05) is 23.0 Å². The van der Waals surface area contributed by atoms with E-state index in [4.69, 9.17) is 5.10 Å². The van der Waals surface area contributed by atoms with Crippen molar-refractivity contribution in [2.75, 3.05) is 11.4 Å². The van der Waals surface area contributed by atoms with E-state index in [2.05, 4.69) is 70.0 Å². The molecule has 4 rings (SSSR count). The molecule has 0 radical (unpaired) electrons. The standard InChI is InChI=1S/C18H20BrN5/c1-18(2,3)17-21-20-15-7-8-16(22-24(15)17)23-10-9-12-5-4-6-14(19)13(12)11-23/h4-8H,9-11H2,1-3H3. The lowest BCUT2D eigenvalue weighted by Crippen LogP contribution is -2.32. The van der Waals surface area contributed by atoms with Gasteiger partial charge in [0.1, 0.15) is 5.82 Å². The van der Waals surface area contributed by atoms with E-state index in [-0.39, 0.29) is 5.41 Å². The second-order valence-electron chi connectivity index (χ2n) is 7.28. The van der Waals surface area contributed by atoms with Crippen LogP contribution in [0.2, 0.25) is 0 Å². The van der Waals surface area contributed by atoms with Crippen LogP contribution in [0.3, 0.4) is 0 Å². The summed E-state index contributed by atoms with van der Waals surface area (Å²) >= 11 is 3.68. The summed E-state index contributed by atoms with van der Waals surface area (Å²) in [7, 11) is 0. The van der Waals surface area contributed by atoms with Crippen LogP contribution < -0.4 is 4.90 Å². The predicted octanol–water partition coefficient (Wildman–Crippen LogP) is 3.75. The number of nitrogens with zero attached hydrogens (tertiary/aromatic N) is 5. The molecule has 0 saturated carbocycles. The molecule has 3 heterocycles. The number of benzene rings is 1. The molecule has 1 aromatic carbocycles. The predicted molar refractivity (Wildman–Crippen MR) is 98.4 cm³/mol. The Morgan fingerprint density at radius 3 is 2.71 bits per heavy atom. The molecule has 0 amide bonds. The van der Waals surface area contributed by atoms with Crippen molar-refractivity contribution in [3.05, 3.63) is 51.8 Å². The molecule has 0 saturated heterocycles. The minimum Gasteiger partial charge on any atom is -0.350 e. The summed E-state index contributed by atoms with van der Waals surface area (Å²) in [6.45, 7) is 8.22. The molecule has 0 N–H and O–H groups in total. The van der Waals surface area contributed by atoms with Crippen LogP contribution in [0.4, 0.5) is 5.82 Å². The van der Waals surface area contributed by atoms with Crippen LogP contribution in [0.5, 0.6) is 0 Å². The Hall–Kier alpha value is -1.95. The van der Waals surface area contributed by atoms with Gasteiger partial charge in [-0.25, -0.2) is 0 Å². The second-order valence-corrected chi connectivity index (χ2v) is 8.14. The van der Waals surface area contributed by atoms with Crippen LogP contribution in [0.25, 0.3) is 5.65 Å². The molecule has 2 aromatic heterocycles. The van der Waals surface area contributed by atoms with Crippen LogP contribution in [0.1, 0.15) is 37.7 Å². The zero-order chi connectivity index (χ0) is 16.9. The molecule has 1 aliphatic heterocycles. The molecule has 1 aliphatic rings. The van der Waals surface area contributed by atoms with Gasteiger partial charge in [0.15, 0.2) is 11.5 Å². The van der Waals surface area contributed by atoms with E-state index in [9.17, 15) is 0 Å². The molecule has 3 aromatic rings. The Morgan fingerprint density at radius 1 is 1.08 bits per heavy atom. The van der Waals surface area contributed by atoms with Gasteiger partial charge in [-0.1, -0.05) is 48.8 Å². The Morgan fingerprint density at radius 2 is 1.92 bits per heavy atom. The summed E-state index contributed by atoms with van der Waals surface area (Å²) in [6, 6.07) is 10.5. The van der Waals surface area contributed by atoms with Crippen LogP contribution in [0, 0.1) is 0 Å². The van der Waals surface area contributed by atoms with Gasteiger partial charge in [-0.15, -0.1) is 15.3 Å². The Kier molecular flexibility index (Phi) is 3.60. The van der Waals surface area contributed by atoms with Crippen molar-refractivity contribution >= 4 is 27.4 Å². The molecule has 0 unspecified atom stereocenters. The number of anilines is 1. The summed E-state index contributed by atoms with van der Waals surface area (Å²) in [5, 5.41) is 13.4. The van der Waals surface area contributed by atoms with Crippen molar-refractivity contribution in [3.8, 4) is 0 Å². The highest BCUT2D eigenvalue weighted by Gasteiger charge is 2.24. The summed E-state index contributed by atoms with van der Waals surface area (Å²) in [5.41, 5.74) is 3.47. The highest BCUT2D eigenvalue weighted by Crippen LogP contribution is 2.29. The fraction of sp³-hybridized carbons (Fsp3) is 0.389. The third-order valence-electron chi connectivity index (χ3n) is 4.46. The van der Waals surface area contributed by atoms with Gasteiger partial charge in [0.2, 0.25) is 0 Å². The first-order chi connectivity index (χ1) is 11.4. The number of halogens is 1. The van der Waals surface area contributed by atoms with Crippen LogP contribution in [0.15, 0.2) is 34.8 Å². The molecule has 5 nitrogen and oxygen atoms in total. The Bertz CT molecular complexity index is 909. The van der Waals surface area contributed by atoms with Gasteiger partial charge in [-0.2, -0.15) is 4.52 Å². The average molecular weight is 386 g/mol. The average Bonchev–Trinajstić information content (AvgIpc) is 2.98. The van der Waals surface area contributed by atoms with Gasteiger partial charge in [0.25, 0.3) is 0 Å². The largest absolute Gasteiger partial charge is 0.350 e. The third kappa shape index (κ3) is 2.59. The maximum atomic E-state index is 4.83. The second kappa shape index (κ2) is 5.55. The number of rotatable bonds is 1. The zero-order valence-corrected chi connectivity index (χ0v) is 15.7. The minimum absolute atomic E-state index is 0.0947. The highest BCUT2D eigenvalue weighted by atomic mass is 79.9. The van der Waals surface area contributed by atoms with Gasteiger partial charge in [-0.05, 0) is 35.7 Å². The Labute approximate surface area is 149 Å². The monoisotopic (exact) mass is 385 g/mol. The normalized spacial score (nSPS) is 14.9. The fourth-order valence-corrected chi connectivity index (χ4v) is 3.68. The van der Waals surface area contributed by atoms with E-state index >= 15 is 0 Å². The molecular weight excluding hydrogens is 366 g/mol. The van der Waals surface area contributed by atoms with Crippen molar-refractivity contribution in [2.24, 2.45) is 0 Å². The first kappa shape index (κ1) is 15.6. The number of hydrogen-bond donors (Lipinski definition) is 0. The van der Waals surface area contributed by atoms with Crippen LogP contribution >= 0.6 is 15.9 Å². The maximum Gasteiger partial charge on any atom is 0.178 e. The summed E-state index contributed by atoms with van der Waals surface area (Å²) in [4.78, 5) is 2.32. The molecule has 6 heteroatoms. The molecule has 124 valence electrons. The molecular formula is C18H20BrN5. The van der Waals surface area contributed by atoms with E-state index in [1.807, 2.05) is 16.6 Å². The lowest BCUT2D eigenvalue weighted by molar-refractivity contribution is 0.525. The number of aromatic nitrogens is 4. The van der Waals surface area contributed by atoms with Crippen molar-refractivity contribution in [3.63, 3.8) is 0 Å². The van der Waals surface area contributed by atoms with Gasteiger partial charge in [-0.3, -0.25) is 0 Å². The van der Waals surface area contributed by atoms with Gasteiger partial charge < -0.3 is 4.90 Å². The smallest absolute Gasteiger partial charge is 0.178 e. The third-order valence-corrected chi connectivity index (χ3v) is 5.20. The summed E-state index contributed by atoms with van der Waals surface area (Å²) < 4.78 is 3.05. The summed E-state index contributed by atoms with van der Waals surface area (Å²) in [6.07, 6.45) is 1.03.